The number of halogens is 5. The number of aromatic nitrogens is 2. The first kappa shape index (κ1) is 19.9. The van der Waals surface area contributed by atoms with Gasteiger partial charge in [0.2, 0.25) is 5.95 Å². The lowest BCUT2D eigenvalue weighted by atomic mass is 10.1. The second-order valence-electron chi connectivity index (χ2n) is 5.54. The first-order valence-corrected chi connectivity index (χ1v) is 8.68. The van der Waals surface area contributed by atoms with Gasteiger partial charge in [0, 0.05) is 23.2 Å². The van der Waals surface area contributed by atoms with Crippen molar-refractivity contribution < 1.29 is 22.3 Å². The Morgan fingerprint density at radius 1 is 1.04 bits per heavy atom. The van der Waals surface area contributed by atoms with Crippen molar-refractivity contribution in [2.45, 2.75) is 6.36 Å². The van der Waals surface area contributed by atoms with Crippen LogP contribution in [-0.4, -0.2) is 23.4 Å². The molecule has 0 radical (unpaired) electrons. The average molecular weight is 457 g/mol. The van der Waals surface area contributed by atoms with Crippen molar-refractivity contribution in [1.29, 1.82) is 0 Å². The quantitative estimate of drug-likeness (QED) is 0.480. The fourth-order valence-corrected chi connectivity index (χ4v) is 2.69. The number of ether oxygens (including phenoxy) is 1. The van der Waals surface area contributed by atoms with Gasteiger partial charge in [0.05, 0.1) is 11.4 Å². The van der Waals surface area contributed by atoms with Crippen LogP contribution < -0.4 is 15.4 Å². The molecule has 0 aliphatic heterocycles. The zero-order chi connectivity index (χ0) is 20.3. The minimum atomic E-state index is -4.80. The smallest absolute Gasteiger partial charge is 0.406 e. The van der Waals surface area contributed by atoms with Gasteiger partial charge in [-0.3, -0.25) is 0 Å². The predicted octanol–water partition coefficient (Wildman–Crippen LogP) is 5.73. The second kappa shape index (κ2) is 8.01. The lowest BCUT2D eigenvalue weighted by Gasteiger charge is -2.12. The fraction of sp³-hybridized carbons (Fsp3) is 0.111. The third-order valence-corrected chi connectivity index (χ3v) is 4.00. The van der Waals surface area contributed by atoms with Gasteiger partial charge in [-0.2, -0.15) is 4.98 Å². The number of nitrogens with zero attached hydrogens (tertiary/aromatic N) is 2. The van der Waals surface area contributed by atoms with E-state index in [-0.39, 0.29) is 23.2 Å². The number of hydrogen-bond acceptors (Lipinski definition) is 5. The summed E-state index contributed by atoms with van der Waals surface area (Å²) in [6.45, 7) is 0. The van der Waals surface area contributed by atoms with Crippen molar-refractivity contribution in [3.8, 4) is 17.0 Å². The van der Waals surface area contributed by atoms with Gasteiger partial charge in [-0.25, -0.2) is 9.37 Å². The first-order valence-electron chi connectivity index (χ1n) is 7.88. The molecule has 28 heavy (non-hydrogen) atoms. The van der Waals surface area contributed by atoms with Crippen LogP contribution in [0.5, 0.6) is 5.75 Å². The molecule has 3 aromatic rings. The summed E-state index contributed by atoms with van der Waals surface area (Å²) in [5.41, 5.74) is 0.885. The lowest BCUT2D eigenvalue weighted by molar-refractivity contribution is -0.274. The summed E-state index contributed by atoms with van der Waals surface area (Å²) in [5.74, 6) is -0.401. The minimum Gasteiger partial charge on any atom is -0.406 e. The molecule has 5 nitrogen and oxygen atoms in total. The molecule has 1 aromatic heterocycles. The Morgan fingerprint density at radius 2 is 1.82 bits per heavy atom. The standard InChI is InChI=1S/C18H13BrF4N4O/c1-24-17-26-15(10-3-2-4-12(7-10)28-18(21,22)23)9-16(27-17)25-14-6-5-11(19)8-13(14)20/h2-9H,1H3,(H2,24,25,26,27). The Kier molecular flexibility index (Phi) is 5.68. The van der Waals surface area contributed by atoms with Crippen LogP contribution in [0.3, 0.4) is 0 Å². The van der Waals surface area contributed by atoms with Gasteiger partial charge in [0.1, 0.15) is 17.4 Å². The molecule has 0 amide bonds. The summed E-state index contributed by atoms with van der Waals surface area (Å²) in [7, 11) is 1.59. The second-order valence-corrected chi connectivity index (χ2v) is 6.45. The summed E-state index contributed by atoms with van der Waals surface area (Å²) in [5, 5.41) is 5.60. The number of hydrogen-bond donors (Lipinski definition) is 2. The van der Waals surface area contributed by atoms with Gasteiger partial charge in [-0.1, -0.05) is 28.1 Å². The highest BCUT2D eigenvalue weighted by molar-refractivity contribution is 9.10. The Labute approximate surface area is 165 Å². The molecule has 0 spiro atoms. The third-order valence-electron chi connectivity index (χ3n) is 3.51. The van der Waals surface area contributed by atoms with Crippen molar-refractivity contribution in [2.75, 3.05) is 17.7 Å². The van der Waals surface area contributed by atoms with Crippen LogP contribution in [0.1, 0.15) is 0 Å². The van der Waals surface area contributed by atoms with Crippen LogP contribution in [0, 0.1) is 5.82 Å². The molecule has 0 saturated heterocycles. The maximum atomic E-state index is 14.1. The Hall–Kier alpha value is -2.88. The SMILES string of the molecule is CNc1nc(Nc2ccc(Br)cc2F)cc(-c2cccc(OC(F)(F)F)c2)n1. The van der Waals surface area contributed by atoms with Crippen LogP contribution in [0.4, 0.5) is 35.0 Å². The first-order chi connectivity index (χ1) is 13.2. The van der Waals surface area contributed by atoms with E-state index < -0.39 is 12.2 Å². The normalized spacial score (nSPS) is 11.2. The van der Waals surface area contributed by atoms with Gasteiger partial charge in [-0.05, 0) is 30.3 Å². The van der Waals surface area contributed by atoms with E-state index in [4.69, 9.17) is 0 Å². The average Bonchev–Trinajstić information content (AvgIpc) is 2.62. The fourth-order valence-electron chi connectivity index (χ4n) is 2.35. The zero-order valence-electron chi connectivity index (χ0n) is 14.3. The monoisotopic (exact) mass is 456 g/mol. The van der Waals surface area contributed by atoms with Crippen LogP contribution >= 0.6 is 15.9 Å². The summed E-state index contributed by atoms with van der Waals surface area (Å²) < 4.78 is 56.0. The van der Waals surface area contributed by atoms with E-state index in [1.165, 1.54) is 36.4 Å². The number of anilines is 3. The Morgan fingerprint density at radius 3 is 2.50 bits per heavy atom. The van der Waals surface area contributed by atoms with E-state index in [0.717, 1.165) is 0 Å². The molecule has 0 aliphatic carbocycles. The highest BCUT2D eigenvalue weighted by Gasteiger charge is 2.31. The van der Waals surface area contributed by atoms with Gasteiger partial charge >= 0.3 is 6.36 Å². The number of rotatable bonds is 5. The number of alkyl halides is 3. The van der Waals surface area contributed by atoms with Crippen molar-refractivity contribution in [3.63, 3.8) is 0 Å². The lowest BCUT2D eigenvalue weighted by Crippen LogP contribution is -2.17. The zero-order valence-corrected chi connectivity index (χ0v) is 15.9. The van der Waals surface area contributed by atoms with Crippen molar-refractivity contribution in [3.05, 3.63) is 58.8 Å². The maximum Gasteiger partial charge on any atom is 0.573 e. The third kappa shape index (κ3) is 5.10. The van der Waals surface area contributed by atoms with Crippen LogP contribution in [-0.2, 0) is 0 Å². The molecule has 3 rings (SSSR count). The van der Waals surface area contributed by atoms with E-state index in [1.807, 2.05) is 0 Å². The summed E-state index contributed by atoms with van der Waals surface area (Å²) in [4.78, 5) is 8.43. The van der Waals surface area contributed by atoms with Crippen molar-refractivity contribution >= 4 is 33.4 Å². The van der Waals surface area contributed by atoms with Crippen molar-refractivity contribution in [2.24, 2.45) is 0 Å². The van der Waals surface area contributed by atoms with Gasteiger partial charge in [-0.15, -0.1) is 13.2 Å². The van der Waals surface area contributed by atoms with Crippen LogP contribution in [0.2, 0.25) is 0 Å². The molecule has 0 aliphatic rings. The topological polar surface area (TPSA) is 59.1 Å². The molecule has 0 fully saturated rings. The molecule has 2 N–H and O–H groups in total. The maximum absolute atomic E-state index is 14.1. The summed E-state index contributed by atoms with van der Waals surface area (Å²) >= 11 is 3.18. The summed E-state index contributed by atoms with van der Waals surface area (Å²) in [6, 6.07) is 11.4. The molecule has 10 heteroatoms. The molecule has 1 heterocycles. The van der Waals surface area contributed by atoms with E-state index in [0.29, 0.717) is 15.7 Å². The van der Waals surface area contributed by atoms with Gasteiger partial charge in [0.25, 0.3) is 0 Å². The molecule has 146 valence electrons. The Bertz CT molecular complexity index is 998. The predicted molar refractivity (Wildman–Crippen MR) is 101 cm³/mol. The molecular formula is C18H13BrF4N4O. The van der Waals surface area contributed by atoms with Crippen LogP contribution in [0.25, 0.3) is 11.3 Å². The molecule has 0 bridgehead atoms. The molecular weight excluding hydrogens is 444 g/mol. The Balaban J connectivity index is 1.96. The van der Waals surface area contributed by atoms with E-state index in [1.54, 1.807) is 19.2 Å². The molecule has 0 saturated carbocycles. The van der Waals surface area contributed by atoms with E-state index >= 15 is 0 Å². The molecule has 0 atom stereocenters. The minimum absolute atomic E-state index is 0.184. The molecule has 0 unspecified atom stereocenters. The summed E-state index contributed by atoms with van der Waals surface area (Å²) in [6.07, 6.45) is -4.80. The van der Waals surface area contributed by atoms with Crippen LogP contribution in [0.15, 0.2) is 53.0 Å². The highest BCUT2D eigenvalue weighted by atomic mass is 79.9. The van der Waals surface area contributed by atoms with Gasteiger partial charge in [0.15, 0.2) is 0 Å². The van der Waals surface area contributed by atoms with E-state index in [9.17, 15) is 17.6 Å². The number of benzene rings is 2. The van der Waals surface area contributed by atoms with E-state index in [2.05, 4.69) is 41.3 Å². The van der Waals surface area contributed by atoms with Crippen molar-refractivity contribution in [1.82, 2.24) is 9.97 Å². The largest absolute Gasteiger partial charge is 0.573 e. The highest BCUT2D eigenvalue weighted by Crippen LogP contribution is 2.30. The van der Waals surface area contributed by atoms with Gasteiger partial charge < -0.3 is 15.4 Å². The molecule has 2 aromatic carbocycles. The number of nitrogens with one attached hydrogen (secondary N) is 2.